The molecule has 1 aliphatic heterocycles. The van der Waals surface area contributed by atoms with Crippen LogP contribution >= 0.6 is 15.9 Å². The van der Waals surface area contributed by atoms with Crippen LogP contribution in [0, 0.1) is 0 Å². The maximum absolute atomic E-state index is 13.7. The summed E-state index contributed by atoms with van der Waals surface area (Å²) in [6.07, 6.45) is 0.762. The summed E-state index contributed by atoms with van der Waals surface area (Å²) in [5.41, 5.74) is 0.211. The van der Waals surface area contributed by atoms with Gasteiger partial charge in [-0.05, 0) is 40.9 Å². The van der Waals surface area contributed by atoms with E-state index in [0.717, 1.165) is 17.7 Å². The summed E-state index contributed by atoms with van der Waals surface area (Å²) in [6.45, 7) is 1.93. The van der Waals surface area contributed by atoms with E-state index in [0.29, 0.717) is 6.54 Å². The number of nitrogens with zero attached hydrogens (tertiary/aromatic N) is 1. The van der Waals surface area contributed by atoms with E-state index in [-0.39, 0.29) is 0 Å². The first-order chi connectivity index (χ1) is 7.90. The van der Waals surface area contributed by atoms with Crippen LogP contribution in [0.25, 0.3) is 0 Å². The average molecular weight is 306 g/mol. The maximum Gasteiger partial charge on any atom is 0.347 e. The zero-order chi connectivity index (χ0) is 12.7. The number of alkyl halides is 3. The van der Waals surface area contributed by atoms with Gasteiger partial charge in [-0.2, -0.15) is 8.78 Å². The monoisotopic (exact) mass is 305 g/mol. The number of rotatable bonds is 3. The van der Waals surface area contributed by atoms with Crippen LogP contribution in [0.4, 0.5) is 14.5 Å². The minimum atomic E-state index is -3.12. The van der Waals surface area contributed by atoms with E-state index in [2.05, 4.69) is 15.9 Å². The molecular formula is C12H14BrF2NO. The smallest absolute Gasteiger partial charge is 0.347 e. The molecule has 5 heteroatoms. The highest BCUT2D eigenvalue weighted by Crippen LogP contribution is 2.44. The number of ether oxygens (including phenoxy) is 1. The van der Waals surface area contributed by atoms with Gasteiger partial charge in [-0.15, -0.1) is 0 Å². The lowest BCUT2D eigenvalue weighted by atomic mass is 10.1. The highest BCUT2D eigenvalue weighted by atomic mass is 79.9. The Balaban J connectivity index is 2.42. The number of hydrogen-bond donors (Lipinski definition) is 0. The Morgan fingerprint density at radius 1 is 1.35 bits per heavy atom. The van der Waals surface area contributed by atoms with Gasteiger partial charge in [0.1, 0.15) is 0 Å². The van der Waals surface area contributed by atoms with Crippen LogP contribution in [0.2, 0.25) is 0 Å². The lowest BCUT2D eigenvalue weighted by Gasteiger charge is -2.41. The molecule has 1 atom stereocenters. The van der Waals surface area contributed by atoms with E-state index in [9.17, 15) is 8.78 Å². The largest absolute Gasteiger partial charge is 0.353 e. The van der Waals surface area contributed by atoms with Crippen molar-refractivity contribution in [1.29, 1.82) is 0 Å². The van der Waals surface area contributed by atoms with Crippen LogP contribution in [0.15, 0.2) is 24.3 Å². The molecule has 0 N–H and O–H groups in total. The third-order valence-corrected chi connectivity index (χ3v) is 4.06. The number of hydrogen-bond acceptors (Lipinski definition) is 2. The molecule has 17 heavy (non-hydrogen) atoms. The highest BCUT2D eigenvalue weighted by molar-refractivity contribution is 9.10. The molecule has 2 rings (SSSR count). The van der Waals surface area contributed by atoms with Crippen molar-refractivity contribution in [2.75, 3.05) is 18.6 Å². The van der Waals surface area contributed by atoms with Crippen LogP contribution in [0.5, 0.6) is 0 Å². The van der Waals surface area contributed by atoms with Gasteiger partial charge in [0.25, 0.3) is 0 Å². The van der Waals surface area contributed by atoms with Crippen LogP contribution in [-0.2, 0) is 11.2 Å². The lowest BCUT2D eigenvalue weighted by molar-refractivity contribution is -0.126. The SMILES string of the molecule is COC(C)(N1CCc2ccccc21)C(F)(F)Br. The van der Waals surface area contributed by atoms with Crippen molar-refractivity contribution >= 4 is 21.6 Å². The minimum absolute atomic E-state index is 0.533. The Morgan fingerprint density at radius 3 is 2.59 bits per heavy atom. The standard InChI is InChI=1S/C12H14BrF2NO/c1-11(17-2,12(13,14)15)16-8-7-9-5-3-4-6-10(9)16/h3-6H,7-8H2,1-2H3. The molecule has 0 fully saturated rings. The Hall–Kier alpha value is -0.680. The van der Waals surface area contributed by atoms with E-state index >= 15 is 0 Å². The quantitative estimate of drug-likeness (QED) is 0.794. The van der Waals surface area contributed by atoms with Crippen LogP contribution < -0.4 is 4.90 Å². The number of methoxy groups -OCH3 is 1. The molecule has 1 heterocycles. The fraction of sp³-hybridized carbons (Fsp3) is 0.500. The first-order valence-electron chi connectivity index (χ1n) is 5.37. The van der Waals surface area contributed by atoms with Gasteiger partial charge in [-0.25, -0.2) is 0 Å². The zero-order valence-electron chi connectivity index (χ0n) is 9.71. The van der Waals surface area contributed by atoms with Crippen LogP contribution in [-0.4, -0.2) is 24.2 Å². The second-order valence-electron chi connectivity index (χ2n) is 4.22. The number of para-hydroxylation sites is 1. The first-order valence-corrected chi connectivity index (χ1v) is 6.17. The molecule has 94 valence electrons. The number of anilines is 1. The number of fused-ring (bicyclic) bond motifs is 1. The van der Waals surface area contributed by atoms with E-state index in [4.69, 9.17) is 4.74 Å². The van der Waals surface area contributed by atoms with Crippen LogP contribution in [0.3, 0.4) is 0 Å². The van der Waals surface area contributed by atoms with Gasteiger partial charge < -0.3 is 9.64 Å². The molecule has 0 bridgehead atoms. The Kier molecular flexibility index (Phi) is 3.16. The van der Waals surface area contributed by atoms with E-state index in [1.807, 2.05) is 24.3 Å². The molecule has 1 unspecified atom stereocenters. The average Bonchev–Trinajstić information content (AvgIpc) is 2.70. The van der Waals surface area contributed by atoms with Gasteiger partial charge in [0.05, 0.1) is 0 Å². The molecule has 1 aromatic carbocycles. The van der Waals surface area contributed by atoms with Crippen molar-refractivity contribution in [3.8, 4) is 0 Å². The topological polar surface area (TPSA) is 12.5 Å². The summed E-state index contributed by atoms with van der Waals surface area (Å²) in [4.78, 5) is -1.51. The second kappa shape index (κ2) is 4.21. The van der Waals surface area contributed by atoms with Gasteiger partial charge in [-0.3, -0.25) is 0 Å². The first kappa shape index (κ1) is 12.8. The fourth-order valence-corrected chi connectivity index (χ4v) is 2.54. The third kappa shape index (κ3) is 1.95. The Bertz CT molecular complexity index is 421. The minimum Gasteiger partial charge on any atom is -0.353 e. The fourth-order valence-electron chi connectivity index (χ4n) is 2.16. The molecular weight excluding hydrogens is 292 g/mol. The molecule has 1 aromatic rings. The molecule has 0 amide bonds. The van der Waals surface area contributed by atoms with Crippen molar-refractivity contribution in [3.63, 3.8) is 0 Å². The van der Waals surface area contributed by atoms with Crippen molar-refractivity contribution < 1.29 is 13.5 Å². The zero-order valence-corrected chi connectivity index (χ0v) is 11.3. The van der Waals surface area contributed by atoms with Crippen LogP contribution in [0.1, 0.15) is 12.5 Å². The van der Waals surface area contributed by atoms with Crippen molar-refractivity contribution in [2.24, 2.45) is 0 Å². The van der Waals surface area contributed by atoms with Gasteiger partial charge in [0, 0.05) is 19.3 Å². The molecule has 0 saturated carbocycles. The summed E-state index contributed by atoms with van der Waals surface area (Å²) >= 11 is 2.42. The summed E-state index contributed by atoms with van der Waals surface area (Å²) in [5.74, 6) is 0. The van der Waals surface area contributed by atoms with Gasteiger partial charge >= 0.3 is 4.83 Å². The van der Waals surface area contributed by atoms with Gasteiger partial charge in [0.15, 0.2) is 0 Å². The Morgan fingerprint density at radius 2 is 2.00 bits per heavy atom. The summed E-state index contributed by atoms with van der Waals surface area (Å²) in [6, 6.07) is 7.56. The molecule has 0 aliphatic carbocycles. The molecule has 0 radical (unpaired) electrons. The summed E-state index contributed by atoms with van der Waals surface area (Å²) < 4.78 is 32.4. The van der Waals surface area contributed by atoms with Gasteiger partial charge in [0.2, 0.25) is 5.72 Å². The van der Waals surface area contributed by atoms with E-state index < -0.39 is 10.6 Å². The number of benzene rings is 1. The second-order valence-corrected chi connectivity index (χ2v) is 5.21. The third-order valence-electron chi connectivity index (χ3n) is 3.33. The van der Waals surface area contributed by atoms with E-state index in [1.54, 1.807) is 4.90 Å². The van der Waals surface area contributed by atoms with Crippen molar-refractivity contribution in [2.45, 2.75) is 23.9 Å². The lowest BCUT2D eigenvalue weighted by Crippen LogP contribution is -2.57. The maximum atomic E-state index is 13.7. The van der Waals surface area contributed by atoms with Crippen molar-refractivity contribution in [1.82, 2.24) is 0 Å². The van der Waals surface area contributed by atoms with Gasteiger partial charge in [-0.1, -0.05) is 18.2 Å². The molecule has 1 aliphatic rings. The Labute approximate surface area is 108 Å². The predicted molar refractivity (Wildman–Crippen MR) is 66.8 cm³/mol. The summed E-state index contributed by atoms with van der Waals surface area (Å²) in [7, 11) is 1.30. The predicted octanol–water partition coefficient (Wildman–Crippen LogP) is 3.40. The molecule has 0 saturated heterocycles. The highest BCUT2D eigenvalue weighted by Gasteiger charge is 2.54. The molecule has 0 aromatic heterocycles. The van der Waals surface area contributed by atoms with E-state index in [1.165, 1.54) is 14.0 Å². The molecule has 2 nitrogen and oxygen atoms in total. The normalized spacial score (nSPS) is 19.0. The molecule has 0 spiro atoms. The number of halogens is 3. The summed E-state index contributed by atoms with van der Waals surface area (Å²) in [5, 5.41) is 0. The van der Waals surface area contributed by atoms with Crippen molar-refractivity contribution in [3.05, 3.63) is 29.8 Å².